The minimum absolute atomic E-state index is 0.0609. The van der Waals surface area contributed by atoms with Crippen molar-refractivity contribution in [2.75, 3.05) is 17.2 Å². The summed E-state index contributed by atoms with van der Waals surface area (Å²) in [7, 11) is 0. The van der Waals surface area contributed by atoms with Gasteiger partial charge in [0.1, 0.15) is 12.0 Å². The van der Waals surface area contributed by atoms with Crippen LogP contribution in [0.2, 0.25) is 5.02 Å². The minimum Gasteiger partial charge on any atom is -0.355 e. The number of fused-ring (bicyclic) bond motifs is 1. The number of aliphatic imine (C=N–C) groups is 1. The molecule has 2 aromatic carbocycles. The molecule has 0 aliphatic carbocycles. The van der Waals surface area contributed by atoms with E-state index in [0.29, 0.717) is 22.6 Å². The first-order chi connectivity index (χ1) is 15.0. The molecule has 4 N–H and O–H groups in total. The van der Waals surface area contributed by atoms with Crippen LogP contribution in [0, 0.1) is 11.3 Å². The molecule has 7 nitrogen and oxygen atoms in total. The molecule has 2 heterocycles. The Morgan fingerprint density at radius 2 is 2.03 bits per heavy atom. The quantitative estimate of drug-likeness (QED) is 0.536. The monoisotopic (exact) mass is 456 g/mol. The maximum absolute atomic E-state index is 12.4. The number of rotatable bonds is 6. The summed E-state index contributed by atoms with van der Waals surface area (Å²) in [6.07, 6.45) is 0.552. The van der Waals surface area contributed by atoms with E-state index in [-0.39, 0.29) is 29.8 Å². The number of benzene rings is 2. The Labute approximate surface area is 191 Å². The van der Waals surface area contributed by atoms with Crippen molar-refractivity contribution in [3.05, 3.63) is 65.2 Å². The fourth-order valence-electron chi connectivity index (χ4n) is 3.74. The third kappa shape index (κ3) is 5.10. The van der Waals surface area contributed by atoms with Crippen molar-refractivity contribution in [3.63, 3.8) is 0 Å². The number of carbonyl (C=O) groups is 1. The van der Waals surface area contributed by atoms with E-state index >= 15 is 0 Å². The van der Waals surface area contributed by atoms with Crippen molar-refractivity contribution in [3.8, 4) is 0 Å². The van der Waals surface area contributed by atoms with E-state index < -0.39 is 0 Å². The van der Waals surface area contributed by atoms with E-state index in [9.17, 15) is 4.79 Å². The minimum atomic E-state index is -0.235. The summed E-state index contributed by atoms with van der Waals surface area (Å²) in [5.74, 6) is 0.481. The van der Waals surface area contributed by atoms with Crippen LogP contribution in [-0.4, -0.2) is 41.4 Å². The number of thioether (sulfide) groups is 1. The van der Waals surface area contributed by atoms with Gasteiger partial charge < -0.3 is 5.32 Å². The molecule has 2 aromatic rings. The molecule has 1 amide bonds. The van der Waals surface area contributed by atoms with E-state index in [0.717, 1.165) is 12.1 Å². The van der Waals surface area contributed by atoms with Crippen LogP contribution in [0.15, 0.2) is 59.6 Å². The fraction of sp³-hybridized carbons (Fsp3) is 0.318. The van der Waals surface area contributed by atoms with Crippen molar-refractivity contribution in [1.82, 2.24) is 16.2 Å². The lowest BCUT2D eigenvalue weighted by atomic mass is 9.97. The van der Waals surface area contributed by atoms with Gasteiger partial charge in [0.05, 0.1) is 17.4 Å². The van der Waals surface area contributed by atoms with Gasteiger partial charge in [-0.05, 0) is 37.1 Å². The Kier molecular flexibility index (Phi) is 6.92. The highest BCUT2D eigenvalue weighted by atomic mass is 35.5. The second-order valence-electron chi connectivity index (χ2n) is 7.53. The normalized spacial score (nSPS) is 22.8. The predicted octanol–water partition coefficient (Wildman–Crippen LogP) is 3.02. The highest BCUT2D eigenvalue weighted by Gasteiger charge is 2.43. The van der Waals surface area contributed by atoms with Crippen LogP contribution in [0.25, 0.3) is 0 Å². The highest BCUT2D eigenvalue weighted by molar-refractivity contribution is 8.14. The summed E-state index contributed by atoms with van der Waals surface area (Å²) in [6, 6.07) is 17.5. The zero-order chi connectivity index (χ0) is 21.8. The maximum atomic E-state index is 12.4. The van der Waals surface area contributed by atoms with Crippen molar-refractivity contribution < 1.29 is 4.79 Å². The molecular formula is C22H25ClN6OS. The van der Waals surface area contributed by atoms with Crippen LogP contribution in [0.1, 0.15) is 12.5 Å². The Morgan fingerprint density at radius 1 is 1.23 bits per heavy atom. The van der Waals surface area contributed by atoms with Crippen LogP contribution in [-0.2, 0) is 11.2 Å². The first-order valence-electron chi connectivity index (χ1n) is 10.2. The number of hydrogen-bond acceptors (Lipinski definition) is 6. The van der Waals surface area contributed by atoms with Crippen LogP contribution >= 0.6 is 23.4 Å². The van der Waals surface area contributed by atoms with Gasteiger partial charge in [0.15, 0.2) is 5.17 Å². The predicted molar refractivity (Wildman–Crippen MR) is 128 cm³/mol. The van der Waals surface area contributed by atoms with Gasteiger partial charge >= 0.3 is 0 Å². The van der Waals surface area contributed by atoms with Gasteiger partial charge in [-0.1, -0.05) is 59.8 Å². The van der Waals surface area contributed by atoms with E-state index in [1.54, 1.807) is 11.0 Å². The SMILES string of the molecule is CC1NNC2N=C(SCC(=O)NCCc3ccccc3)N(c3cccc(Cl)c3)C(=N)C12. The van der Waals surface area contributed by atoms with Crippen molar-refractivity contribution >= 4 is 46.0 Å². The lowest BCUT2D eigenvalue weighted by Crippen LogP contribution is -2.50. The van der Waals surface area contributed by atoms with E-state index in [4.69, 9.17) is 22.0 Å². The molecule has 0 aromatic heterocycles. The standard InChI is InChI=1S/C22H25ClN6OS/c1-14-19-20(24)29(17-9-5-8-16(23)12-17)22(26-21(19)28-27-14)31-13-18(30)25-11-10-15-6-3-2-4-7-15/h2-9,12,14,19,21,24,27-28H,10-11,13H2,1H3,(H,25,30). The summed E-state index contributed by atoms with van der Waals surface area (Å²) in [5, 5.41) is 13.0. The first-order valence-corrected chi connectivity index (χ1v) is 11.6. The maximum Gasteiger partial charge on any atom is 0.230 e. The largest absolute Gasteiger partial charge is 0.355 e. The summed E-state index contributed by atoms with van der Waals surface area (Å²) in [4.78, 5) is 19.0. The van der Waals surface area contributed by atoms with Gasteiger partial charge in [0, 0.05) is 17.6 Å². The van der Waals surface area contributed by atoms with Gasteiger partial charge in [-0.3, -0.25) is 20.5 Å². The molecule has 1 fully saturated rings. The molecule has 0 radical (unpaired) electrons. The fourth-order valence-corrected chi connectivity index (χ4v) is 4.80. The molecule has 162 valence electrons. The van der Waals surface area contributed by atoms with Gasteiger partial charge in [-0.25, -0.2) is 10.4 Å². The third-order valence-electron chi connectivity index (χ3n) is 5.31. The van der Waals surface area contributed by atoms with E-state index in [1.807, 2.05) is 55.5 Å². The average molecular weight is 457 g/mol. The number of hydrazine groups is 1. The van der Waals surface area contributed by atoms with Gasteiger partial charge in [-0.15, -0.1) is 0 Å². The van der Waals surface area contributed by atoms with Gasteiger partial charge in [-0.2, -0.15) is 0 Å². The molecule has 0 saturated carbocycles. The zero-order valence-electron chi connectivity index (χ0n) is 17.1. The topological polar surface area (TPSA) is 92.6 Å². The molecule has 2 aliphatic heterocycles. The first kappa shape index (κ1) is 21.8. The number of nitrogens with one attached hydrogen (secondary N) is 4. The van der Waals surface area contributed by atoms with Crippen molar-refractivity contribution in [2.45, 2.75) is 25.6 Å². The van der Waals surface area contributed by atoms with Crippen LogP contribution in [0.4, 0.5) is 5.69 Å². The lowest BCUT2D eigenvalue weighted by molar-refractivity contribution is -0.118. The number of hydrogen-bond donors (Lipinski definition) is 4. The number of nitrogens with zero attached hydrogens (tertiary/aromatic N) is 2. The molecule has 2 aliphatic rings. The van der Waals surface area contributed by atoms with Crippen molar-refractivity contribution in [2.24, 2.45) is 10.9 Å². The third-order valence-corrected chi connectivity index (χ3v) is 6.50. The molecule has 9 heteroatoms. The molecular weight excluding hydrogens is 432 g/mol. The number of halogens is 1. The Hall–Kier alpha value is -2.39. The summed E-state index contributed by atoms with van der Waals surface area (Å²) < 4.78 is 0. The van der Waals surface area contributed by atoms with Crippen LogP contribution < -0.4 is 21.1 Å². The molecule has 4 rings (SSSR count). The highest BCUT2D eigenvalue weighted by Crippen LogP contribution is 2.32. The molecule has 3 unspecified atom stereocenters. The average Bonchev–Trinajstić information content (AvgIpc) is 3.14. The van der Waals surface area contributed by atoms with Crippen LogP contribution in [0.5, 0.6) is 0 Å². The molecule has 3 atom stereocenters. The van der Waals surface area contributed by atoms with Crippen molar-refractivity contribution in [1.29, 1.82) is 5.41 Å². The molecule has 0 spiro atoms. The number of amides is 1. The summed E-state index contributed by atoms with van der Waals surface area (Å²) >= 11 is 7.53. The van der Waals surface area contributed by atoms with Crippen LogP contribution in [0.3, 0.4) is 0 Å². The number of amidine groups is 2. The second kappa shape index (κ2) is 9.82. The smallest absolute Gasteiger partial charge is 0.230 e. The van der Waals surface area contributed by atoms with E-state index in [2.05, 4.69) is 16.2 Å². The molecule has 31 heavy (non-hydrogen) atoms. The van der Waals surface area contributed by atoms with Gasteiger partial charge in [0.2, 0.25) is 5.91 Å². The number of anilines is 1. The van der Waals surface area contributed by atoms with Gasteiger partial charge in [0.25, 0.3) is 0 Å². The van der Waals surface area contributed by atoms with E-state index in [1.165, 1.54) is 17.3 Å². The Bertz CT molecular complexity index is 985. The summed E-state index contributed by atoms with van der Waals surface area (Å²) in [5.41, 5.74) is 8.27. The Morgan fingerprint density at radius 3 is 2.81 bits per heavy atom. The molecule has 1 saturated heterocycles. The molecule has 0 bridgehead atoms. The zero-order valence-corrected chi connectivity index (χ0v) is 18.7. The number of carbonyl (C=O) groups excluding carboxylic acids is 1. The second-order valence-corrected chi connectivity index (χ2v) is 8.91. The summed E-state index contributed by atoms with van der Waals surface area (Å²) in [6.45, 7) is 2.60. The Balaban J connectivity index is 1.43. The lowest BCUT2D eigenvalue weighted by Gasteiger charge is -2.36.